The summed E-state index contributed by atoms with van der Waals surface area (Å²) in [5.74, 6) is -0.653. The van der Waals surface area contributed by atoms with Gasteiger partial charge in [0.25, 0.3) is 0 Å². The largest absolute Gasteiger partial charge is 0.455 e. The minimum atomic E-state index is -1.39. The Hall–Kier alpha value is -1.47. The number of rotatable bonds is 2. The molecule has 1 aromatic rings. The summed E-state index contributed by atoms with van der Waals surface area (Å²) >= 11 is 0. The van der Waals surface area contributed by atoms with Gasteiger partial charge in [-0.1, -0.05) is 30.3 Å². The molecule has 5 atom stereocenters. The Morgan fingerprint density at radius 1 is 1.15 bits per heavy atom. The average Bonchev–Trinajstić information content (AvgIpc) is 2.44. The summed E-state index contributed by atoms with van der Waals surface area (Å²) in [7, 11) is 1.30. The maximum Gasteiger partial charge on any atom is 0.309 e. The van der Waals surface area contributed by atoms with Crippen LogP contribution in [0.4, 0.5) is 0 Å². The van der Waals surface area contributed by atoms with E-state index in [2.05, 4.69) is 0 Å². The van der Waals surface area contributed by atoms with Crippen molar-refractivity contribution in [1.82, 2.24) is 0 Å². The Morgan fingerprint density at radius 2 is 1.80 bits per heavy atom. The smallest absolute Gasteiger partial charge is 0.309 e. The first-order valence-electron chi connectivity index (χ1n) is 6.36. The molecule has 0 spiro atoms. The maximum absolute atomic E-state index is 11.7. The fraction of sp³-hybridized carbons (Fsp3) is 0.500. The van der Waals surface area contributed by atoms with Gasteiger partial charge < -0.3 is 24.8 Å². The van der Waals surface area contributed by atoms with Crippen molar-refractivity contribution in [2.75, 3.05) is 7.11 Å². The molecule has 0 amide bonds. The number of cyclic esters (lactones) is 1. The molecule has 1 aliphatic heterocycles. The van der Waals surface area contributed by atoms with Crippen molar-refractivity contribution >= 4 is 5.97 Å². The summed E-state index contributed by atoms with van der Waals surface area (Å²) in [5.41, 5.74) is 0.568. The van der Waals surface area contributed by atoms with E-state index >= 15 is 0 Å². The molecular formula is C14H18O6. The molecule has 1 aromatic carbocycles. The van der Waals surface area contributed by atoms with E-state index in [9.17, 15) is 20.1 Å². The minimum Gasteiger partial charge on any atom is -0.455 e. The lowest BCUT2D eigenvalue weighted by Crippen LogP contribution is -2.51. The molecule has 0 aliphatic carbocycles. The summed E-state index contributed by atoms with van der Waals surface area (Å²) in [4.78, 5) is 11.7. The van der Waals surface area contributed by atoms with Gasteiger partial charge >= 0.3 is 5.97 Å². The van der Waals surface area contributed by atoms with E-state index in [0.29, 0.717) is 5.56 Å². The molecule has 110 valence electrons. The van der Waals surface area contributed by atoms with Gasteiger partial charge in [-0.3, -0.25) is 4.79 Å². The van der Waals surface area contributed by atoms with E-state index < -0.39 is 36.5 Å². The van der Waals surface area contributed by atoms with Gasteiger partial charge in [0.15, 0.2) is 6.10 Å². The molecule has 1 aliphatic rings. The van der Waals surface area contributed by atoms with Crippen molar-refractivity contribution in [3.63, 3.8) is 0 Å². The van der Waals surface area contributed by atoms with Gasteiger partial charge in [-0.15, -0.1) is 0 Å². The number of benzene rings is 1. The van der Waals surface area contributed by atoms with Crippen molar-refractivity contribution in [3.05, 3.63) is 35.9 Å². The molecule has 1 heterocycles. The minimum absolute atomic E-state index is 0.300. The summed E-state index contributed by atoms with van der Waals surface area (Å²) in [6, 6.07) is 8.65. The molecule has 3 N–H and O–H groups in total. The van der Waals surface area contributed by atoms with Crippen LogP contribution in [-0.4, -0.2) is 52.8 Å². The number of aliphatic hydroxyl groups is 3. The molecule has 0 bridgehead atoms. The van der Waals surface area contributed by atoms with Crippen molar-refractivity contribution in [1.29, 1.82) is 0 Å². The van der Waals surface area contributed by atoms with Gasteiger partial charge in [0.2, 0.25) is 0 Å². The highest BCUT2D eigenvalue weighted by Gasteiger charge is 2.42. The number of carbonyl (C=O) groups excluding carboxylic acids is 1. The second kappa shape index (κ2) is 6.32. The molecule has 1 fully saturated rings. The van der Waals surface area contributed by atoms with Crippen molar-refractivity contribution in [2.45, 2.75) is 36.9 Å². The second-order valence-corrected chi connectivity index (χ2v) is 4.77. The number of esters is 1. The van der Waals surface area contributed by atoms with Crippen LogP contribution in [0.5, 0.6) is 0 Å². The molecule has 1 saturated heterocycles. The quantitative estimate of drug-likeness (QED) is 0.649. The lowest BCUT2D eigenvalue weighted by molar-refractivity contribution is -0.191. The predicted octanol–water partition coefficient (Wildman–Crippen LogP) is -0.228. The molecule has 20 heavy (non-hydrogen) atoms. The van der Waals surface area contributed by atoms with Gasteiger partial charge in [0.05, 0.1) is 12.5 Å². The fourth-order valence-electron chi connectivity index (χ4n) is 2.35. The standard InChI is InChI=1S/C14H18O6/c1-19-14-9(15)7-10(16)20-13(11(17)12(14)18)8-5-3-2-4-6-8/h2-6,9,11-15,17-18H,7H2,1H3. The molecule has 0 aromatic heterocycles. The second-order valence-electron chi connectivity index (χ2n) is 4.77. The van der Waals surface area contributed by atoms with Gasteiger partial charge in [-0.2, -0.15) is 0 Å². The normalized spacial score (nSPS) is 35.0. The molecule has 0 saturated carbocycles. The third-order valence-corrected chi connectivity index (χ3v) is 3.41. The van der Waals surface area contributed by atoms with E-state index in [1.54, 1.807) is 30.3 Å². The SMILES string of the molecule is COC1C(O)CC(=O)OC(c2ccccc2)C(O)C1O. The van der Waals surface area contributed by atoms with Crippen molar-refractivity contribution in [3.8, 4) is 0 Å². The Bertz CT molecular complexity index is 448. The number of carbonyl (C=O) groups is 1. The number of ether oxygens (including phenoxy) is 2. The zero-order valence-corrected chi connectivity index (χ0v) is 11.0. The highest BCUT2D eigenvalue weighted by atomic mass is 16.6. The molecule has 6 nitrogen and oxygen atoms in total. The number of hydrogen-bond donors (Lipinski definition) is 3. The van der Waals surface area contributed by atoms with Crippen LogP contribution in [0.15, 0.2) is 30.3 Å². The zero-order chi connectivity index (χ0) is 14.7. The maximum atomic E-state index is 11.7. The topological polar surface area (TPSA) is 96.2 Å². The monoisotopic (exact) mass is 282 g/mol. The van der Waals surface area contributed by atoms with E-state index in [0.717, 1.165) is 0 Å². The van der Waals surface area contributed by atoms with Crippen LogP contribution >= 0.6 is 0 Å². The van der Waals surface area contributed by atoms with Crippen molar-refractivity contribution in [2.24, 2.45) is 0 Å². The highest BCUT2D eigenvalue weighted by molar-refractivity contribution is 5.70. The van der Waals surface area contributed by atoms with Crippen LogP contribution in [-0.2, 0) is 14.3 Å². The first-order valence-corrected chi connectivity index (χ1v) is 6.36. The lowest BCUT2D eigenvalue weighted by Gasteiger charge is -2.35. The number of methoxy groups -OCH3 is 1. The highest BCUT2D eigenvalue weighted by Crippen LogP contribution is 2.29. The molecular weight excluding hydrogens is 264 g/mol. The molecule has 2 rings (SSSR count). The summed E-state index contributed by atoms with van der Waals surface area (Å²) < 4.78 is 10.1. The summed E-state index contributed by atoms with van der Waals surface area (Å²) in [6.07, 6.45) is -6.33. The van der Waals surface area contributed by atoms with Crippen LogP contribution in [0.1, 0.15) is 18.1 Å². The van der Waals surface area contributed by atoms with Gasteiger partial charge in [0.1, 0.15) is 18.3 Å². The first kappa shape index (κ1) is 14.9. The zero-order valence-electron chi connectivity index (χ0n) is 11.0. The Morgan fingerprint density at radius 3 is 2.40 bits per heavy atom. The molecule has 5 unspecified atom stereocenters. The third kappa shape index (κ3) is 2.99. The van der Waals surface area contributed by atoms with Gasteiger partial charge in [0, 0.05) is 7.11 Å². The van der Waals surface area contributed by atoms with E-state index in [4.69, 9.17) is 9.47 Å². The van der Waals surface area contributed by atoms with Gasteiger partial charge in [-0.05, 0) is 5.56 Å². The predicted molar refractivity (Wildman–Crippen MR) is 68.7 cm³/mol. The van der Waals surface area contributed by atoms with Crippen LogP contribution < -0.4 is 0 Å². The van der Waals surface area contributed by atoms with Crippen LogP contribution in [0.2, 0.25) is 0 Å². The first-order chi connectivity index (χ1) is 9.54. The van der Waals surface area contributed by atoms with Crippen LogP contribution in [0, 0.1) is 0 Å². The van der Waals surface area contributed by atoms with Crippen molar-refractivity contribution < 1.29 is 29.6 Å². The summed E-state index contributed by atoms with van der Waals surface area (Å²) in [5, 5.41) is 30.1. The molecule has 6 heteroatoms. The number of aliphatic hydroxyl groups excluding tert-OH is 3. The average molecular weight is 282 g/mol. The summed E-state index contributed by atoms with van der Waals surface area (Å²) in [6.45, 7) is 0. The molecule has 0 radical (unpaired) electrons. The third-order valence-electron chi connectivity index (χ3n) is 3.41. The van der Waals surface area contributed by atoms with E-state index in [-0.39, 0.29) is 6.42 Å². The van der Waals surface area contributed by atoms with Crippen LogP contribution in [0.3, 0.4) is 0 Å². The lowest BCUT2D eigenvalue weighted by atomic mass is 9.92. The Labute approximate surface area is 116 Å². The fourth-order valence-corrected chi connectivity index (χ4v) is 2.35. The number of hydrogen-bond acceptors (Lipinski definition) is 6. The Balaban J connectivity index is 2.31. The van der Waals surface area contributed by atoms with Gasteiger partial charge in [-0.25, -0.2) is 0 Å². The van der Waals surface area contributed by atoms with E-state index in [1.807, 2.05) is 0 Å². The van der Waals surface area contributed by atoms with Crippen LogP contribution in [0.25, 0.3) is 0 Å². The Kier molecular flexibility index (Phi) is 4.72. The van der Waals surface area contributed by atoms with E-state index in [1.165, 1.54) is 7.11 Å².